The minimum absolute atomic E-state index is 0.160. The van der Waals surface area contributed by atoms with Crippen LogP contribution < -0.4 is 16.7 Å². The van der Waals surface area contributed by atoms with E-state index in [2.05, 4.69) is 32.2 Å². The van der Waals surface area contributed by atoms with Gasteiger partial charge in [0, 0.05) is 69.4 Å². The third-order valence-corrected chi connectivity index (χ3v) is 11.9. The molecule has 5 heterocycles. The van der Waals surface area contributed by atoms with Gasteiger partial charge in [-0.15, -0.1) is 5.10 Å². The summed E-state index contributed by atoms with van der Waals surface area (Å²) in [7, 11) is 2.16. The molecule has 4 aliphatic rings. The standard InChI is InChI=1S/C37H45F6N9O3/c1-48-25-7-8-26(48)21-27(20-25)49-13-15-50(16-14-49)33(53)30(19-22-17-28(36(38,39)40)31(44)29(18-22)37(41,42)43)45-34(54)51-11-9-24(10-12-51)52-35(55)46-32(47-52)23-5-3-2-4-6-23/h2-6,17-18,24-27,30H,7-16,19-21,44H2,1H3,(H,45,54)(H,46,47,55)/t25?,26?,27?,30-/m1/s1. The molecule has 3 aromatic rings. The minimum Gasteiger partial charge on any atom is -0.398 e. The van der Waals surface area contributed by atoms with Crippen LogP contribution in [0, 0.1) is 0 Å². The quantitative estimate of drug-likeness (QED) is 0.236. The molecule has 4 fully saturated rings. The monoisotopic (exact) mass is 777 g/mol. The summed E-state index contributed by atoms with van der Waals surface area (Å²) < 4.78 is 84.9. The number of nitrogen functional groups attached to an aromatic ring is 1. The number of piperazine rings is 1. The lowest BCUT2D eigenvalue weighted by Crippen LogP contribution is -2.59. The summed E-state index contributed by atoms with van der Waals surface area (Å²) in [4.78, 5) is 51.1. The van der Waals surface area contributed by atoms with E-state index in [0.717, 1.165) is 31.2 Å². The number of aromatic amines is 1. The number of H-pyrrole nitrogens is 1. The average molecular weight is 778 g/mol. The Morgan fingerprint density at radius 3 is 1.98 bits per heavy atom. The maximum Gasteiger partial charge on any atom is 0.418 e. The van der Waals surface area contributed by atoms with Crippen LogP contribution in [0.25, 0.3) is 11.4 Å². The van der Waals surface area contributed by atoms with Crippen LogP contribution in [0.1, 0.15) is 61.3 Å². The normalized spacial score (nSPS) is 23.6. The van der Waals surface area contributed by atoms with Gasteiger partial charge in [0.25, 0.3) is 0 Å². The van der Waals surface area contributed by atoms with Gasteiger partial charge in [0.05, 0.1) is 22.9 Å². The number of urea groups is 1. The van der Waals surface area contributed by atoms with Crippen molar-refractivity contribution in [3.63, 3.8) is 0 Å². The van der Waals surface area contributed by atoms with Crippen molar-refractivity contribution in [1.29, 1.82) is 0 Å². The van der Waals surface area contributed by atoms with Crippen molar-refractivity contribution in [2.24, 2.45) is 0 Å². The second kappa shape index (κ2) is 15.2. The molecule has 0 aliphatic carbocycles. The number of nitrogens with two attached hydrogens (primary N) is 1. The number of rotatable bonds is 7. The van der Waals surface area contributed by atoms with Gasteiger partial charge in [-0.2, -0.15) is 26.3 Å². The van der Waals surface area contributed by atoms with E-state index in [4.69, 9.17) is 5.73 Å². The molecule has 7 rings (SSSR count). The Morgan fingerprint density at radius 1 is 0.836 bits per heavy atom. The maximum atomic E-state index is 14.1. The highest BCUT2D eigenvalue weighted by atomic mass is 19.4. The molecule has 2 unspecified atom stereocenters. The number of anilines is 1. The van der Waals surface area contributed by atoms with E-state index in [9.17, 15) is 40.7 Å². The predicted molar refractivity (Wildman–Crippen MR) is 191 cm³/mol. The molecular formula is C37H45F6N9O3. The van der Waals surface area contributed by atoms with Crippen molar-refractivity contribution < 1.29 is 35.9 Å². The molecule has 4 saturated heterocycles. The summed E-state index contributed by atoms with van der Waals surface area (Å²) >= 11 is 0. The first-order valence-electron chi connectivity index (χ1n) is 18.7. The van der Waals surface area contributed by atoms with E-state index < -0.39 is 64.8 Å². The van der Waals surface area contributed by atoms with E-state index in [1.165, 1.54) is 14.5 Å². The van der Waals surface area contributed by atoms with Gasteiger partial charge < -0.3 is 25.8 Å². The average Bonchev–Trinajstić information content (AvgIpc) is 3.62. The summed E-state index contributed by atoms with van der Waals surface area (Å²) in [5.74, 6) is -0.196. The van der Waals surface area contributed by atoms with Crippen molar-refractivity contribution in [2.45, 2.75) is 87.5 Å². The van der Waals surface area contributed by atoms with Crippen LogP contribution >= 0.6 is 0 Å². The zero-order valence-electron chi connectivity index (χ0n) is 30.4. The number of nitrogens with one attached hydrogen (secondary N) is 2. The maximum absolute atomic E-state index is 14.1. The number of piperidine rings is 2. The van der Waals surface area contributed by atoms with E-state index >= 15 is 0 Å². The van der Waals surface area contributed by atoms with Gasteiger partial charge in [0.1, 0.15) is 6.04 Å². The number of likely N-dealkylation sites (tertiary alicyclic amines) is 1. The fourth-order valence-corrected chi connectivity index (χ4v) is 8.81. The number of alkyl halides is 6. The molecule has 4 N–H and O–H groups in total. The van der Waals surface area contributed by atoms with Gasteiger partial charge in [-0.1, -0.05) is 30.3 Å². The molecule has 2 aromatic carbocycles. The molecule has 3 amide bonds. The fraction of sp³-hybridized carbons (Fsp3) is 0.568. The van der Waals surface area contributed by atoms with Crippen molar-refractivity contribution in [3.8, 4) is 11.4 Å². The number of carbonyl (C=O) groups is 2. The van der Waals surface area contributed by atoms with Crippen LogP contribution in [0.15, 0.2) is 47.3 Å². The molecular weight excluding hydrogens is 732 g/mol. The molecule has 0 saturated carbocycles. The molecule has 12 nitrogen and oxygen atoms in total. The number of hydrogen-bond acceptors (Lipinski definition) is 7. The van der Waals surface area contributed by atoms with Gasteiger partial charge in [0.15, 0.2) is 5.82 Å². The first kappa shape index (κ1) is 38.7. The number of fused-ring (bicyclic) bond motifs is 2. The van der Waals surface area contributed by atoms with Crippen LogP contribution in [0.2, 0.25) is 0 Å². The topological polar surface area (TPSA) is 136 Å². The summed E-state index contributed by atoms with van der Waals surface area (Å²) in [5, 5.41) is 7.10. The molecule has 298 valence electrons. The highest BCUT2D eigenvalue weighted by Gasteiger charge is 2.43. The molecule has 18 heteroatoms. The summed E-state index contributed by atoms with van der Waals surface area (Å²) in [5.41, 5.74) is 0.471. The third-order valence-electron chi connectivity index (χ3n) is 11.9. The van der Waals surface area contributed by atoms with Crippen LogP contribution in [-0.4, -0.2) is 117 Å². The van der Waals surface area contributed by atoms with Crippen molar-refractivity contribution in [2.75, 3.05) is 52.0 Å². The Balaban J connectivity index is 1.07. The van der Waals surface area contributed by atoms with E-state index in [1.807, 2.05) is 30.3 Å². The lowest BCUT2D eigenvalue weighted by atomic mass is 9.95. The molecule has 1 aromatic heterocycles. The Hall–Kier alpha value is -4.58. The number of nitrogens with zero attached hydrogens (tertiary/aromatic N) is 6. The molecule has 2 bridgehead atoms. The van der Waals surface area contributed by atoms with Crippen LogP contribution in [0.3, 0.4) is 0 Å². The smallest absolute Gasteiger partial charge is 0.398 e. The van der Waals surface area contributed by atoms with Crippen LogP contribution in [0.4, 0.5) is 36.8 Å². The Bertz CT molecular complexity index is 1870. The Labute approximate surface area is 313 Å². The largest absolute Gasteiger partial charge is 0.418 e. The summed E-state index contributed by atoms with van der Waals surface area (Å²) in [6, 6.07) is 9.02. The lowest BCUT2D eigenvalue weighted by Gasteiger charge is -2.45. The summed E-state index contributed by atoms with van der Waals surface area (Å²) in [6.07, 6.45) is -5.98. The second-order valence-electron chi connectivity index (χ2n) is 15.2. The lowest BCUT2D eigenvalue weighted by molar-refractivity contribution is -0.141. The molecule has 0 radical (unpaired) electrons. The van der Waals surface area contributed by atoms with Gasteiger partial charge >= 0.3 is 24.1 Å². The zero-order chi connectivity index (χ0) is 39.2. The zero-order valence-corrected chi connectivity index (χ0v) is 30.4. The van der Waals surface area contributed by atoms with Crippen LogP contribution in [0.5, 0.6) is 0 Å². The van der Waals surface area contributed by atoms with E-state index in [-0.39, 0.29) is 19.1 Å². The van der Waals surface area contributed by atoms with Gasteiger partial charge in [-0.25, -0.2) is 14.3 Å². The Kier molecular flexibility index (Phi) is 10.7. The van der Waals surface area contributed by atoms with Gasteiger partial charge in [0.2, 0.25) is 5.91 Å². The molecule has 55 heavy (non-hydrogen) atoms. The second-order valence-corrected chi connectivity index (χ2v) is 15.2. The minimum atomic E-state index is -5.20. The fourth-order valence-electron chi connectivity index (χ4n) is 8.81. The van der Waals surface area contributed by atoms with Crippen LogP contribution in [-0.2, 0) is 23.6 Å². The van der Waals surface area contributed by atoms with Crippen molar-refractivity contribution >= 4 is 17.6 Å². The number of aromatic nitrogens is 3. The summed E-state index contributed by atoms with van der Waals surface area (Å²) in [6.45, 7) is 2.03. The molecule has 4 aliphatic heterocycles. The predicted octanol–water partition coefficient (Wildman–Crippen LogP) is 4.59. The Morgan fingerprint density at radius 2 is 1.42 bits per heavy atom. The van der Waals surface area contributed by atoms with Gasteiger partial charge in [-0.05, 0) is 63.3 Å². The first-order chi connectivity index (χ1) is 26.1. The van der Waals surface area contributed by atoms with E-state index in [0.29, 0.717) is 75.1 Å². The first-order valence-corrected chi connectivity index (χ1v) is 18.7. The number of benzene rings is 2. The highest BCUT2D eigenvalue weighted by molar-refractivity contribution is 5.87. The van der Waals surface area contributed by atoms with Gasteiger partial charge in [-0.3, -0.25) is 14.7 Å². The number of carbonyl (C=O) groups excluding carboxylic acids is 2. The highest BCUT2D eigenvalue weighted by Crippen LogP contribution is 2.42. The SMILES string of the molecule is CN1C2CCC1CC(N1CCN(C(=O)[C@@H](Cc3cc(C(F)(F)F)c(N)c(C(F)(F)F)c3)NC(=O)N3CCC(n4nc(-c5ccccc5)[nH]c4=O)CC3)CC1)C2. The number of halogens is 6. The molecule has 0 spiro atoms. The van der Waals surface area contributed by atoms with Crippen molar-refractivity contribution in [1.82, 2.24) is 39.7 Å². The number of amides is 3. The molecule has 3 atom stereocenters. The third kappa shape index (κ3) is 8.20. The number of hydrogen-bond donors (Lipinski definition) is 3. The van der Waals surface area contributed by atoms with E-state index in [1.54, 1.807) is 0 Å². The van der Waals surface area contributed by atoms with Crippen molar-refractivity contribution in [3.05, 3.63) is 69.6 Å².